The Hall–Kier alpha value is -3.05. The van der Waals surface area contributed by atoms with Crippen LogP contribution in [0.3, 0.4) is 0 Å². The van der Waals surface area contributed by atoms with E-state index < -0.39 is 0 Å². The van der Waals surface area contributed by atoms with Gasteiger partial charge >= 0.3 is 0 Å². The van der Waals surface area contributed by atoms with Gasteiger partial charge in [-0.05, 0) is 59.6 Å². The zero-order valence-corrected chi connectivity index (χ0v) is 17.4. The third-order valence-corrected chi connectivity index (χ3v) is 5.12. The number of phenolic OH excluding ortho intramolecular Hbond substituents is 1. The van der Waals surface area contributed by atoms with Crippen molar-refractivity contribution in [3.8, 4) is 11.5 Å². The number of hydrogen-bond donors (Lipinski definition) is 2. The summed E-state index contributed by atoms with van der Waals surface area (Å²) < 4.78 is 5.23. The maximum Gasteiger partial charge on any atom is 0.169 e. The van der Waals surface area contributed by atoms with Crippen LogP contribution in [0.5, 0.6) is 11.5 Å². The summed E-state index contributed by atoms with van der Waals surface area (Å²) in [6, 6.07) is 25.6. The first-order valence-electron chi connectivity index (χ1n) is 9.61. The van der Waals surface area contributed by atoms with Gasteiger partial charge in [0.1, 0.15) is 11.5 Å². The van der Waals surface area contributed by atoms with Crippen LogP contribution in [0.4, 0.5) is 0 Å². The van der Waals surface area contributed by atoms with Crippen molar-refractivity contribution >= 4 is 17.3 Å². The van der Waals surface area contributed by atoms with Crippen molar-refractivity contribution in [3.05, 3.63) is 95.6 Å². The first-order valence-corrected chi connectivity index (χ1v) is 10.0. The second-order valence-electron chi connectivity index (χ2n) is 6.83. The molecule has 3 rings (SSSR count). The predicted octanol–water partition coefficient (Wildman–Crippen LogP) is 4.52. The molecule has 2 N–H and O–H groups in total. The van der Waals surface area contributed by atoms with Crippen LogP contribution in [-0.2, 0) is 19.5 Å². The van der Waals surface area contributed by atoms with Crippen molar-refractivity contribution in [1.82, 2.24) is 10.2 Å². The lowest BCUT2D eigenvalue weighted by molar-refractivity contribution is 0.407. The first kappa shape index (κ1) is 20.7. The molecule has 3 aromatic rings. The Morgan fingerprint density at radius 1 is 0.897 bits per heavy atom. The molecule has 0 spiro atoms. The van der Waals surface area contributed by atoms with E-state index in [0.29, 0.717) is 13.1 Å². The number of benzene rings is 3. The van der Waals surface area contributed by atoms with Crippen LogP contribution in [0.2, 0.25) is 0 Å². The lowest BCUT2D eigenvalue weighted by atomic mass is 10.1. The van der Waals surface area contributed by atoms with Crippen LogP contribution in [0.15, 0.2) is 78.9 Å². The maximum absolute atomic E-state index is 9.54. The number of ether oxygens (including phenoxy) is 1. The van der Waals surface area contributed by atoms with Crippen LogP contribution in [0.25, 0.3) is 0 Å². The molecule has 0 aliphatic rings. The summed E-state index contributed by atoms with van der Waals surface area (Å²) in [6.07, 6.45) is 0.870. The Balaban J connectivity index is 1.65. The second kappa shape index (κ2) is 10.5. The van der Waals surface area contributed by atoms with Crippen molar-refractivity contribution in [2.75, 3.05) is 13.7 Å². The predicted molar refractivity (Wildman–Crippen MR) is 121 cm³/mol. The molecule has 0 saturated heterocycles. The molecule has 0 heterocycles. The average Bonchev–Trinajstić information content (AvgIpc) is 2.77. The van der Waals surface area contributed by atoms with E-state index in [2.05, 4.69) is 34.5 Å². The molecule has 0 unspecified atom stereocenters. The summed E-state index contributed by atoms with van der Waals surface area (Å²) in [4.78, 5) is 2.16. The van der Waals surface area contributed by atoms with E-state index in [9.17, 15) is 5.11 Å². The summed E-state index contributed by atoms with van der Waals surface area (Å²) in [5, 5.41) is 13.6. The normalized spacial score (nSPS) is 10.4. The molecule has 0 bridgehead atoms. The van der Waals surface area contributed by atoms with E-state index >= 15 is 0 Å². The highest BCUT2D eigenvalue weighted by atomic mass is 32.1. The molecule has 0 saturated carbocycles. The standard InChI is InChI=1S/C24H26N2O2S/c1-28-23-13-9-19(10-14-23)15-16-26(18-21-7-11-22(27)12-8-21)24(29)25-17-20-5-3-2-4-6-20/h2-14,27H,15-18H2,1H3,(H,25,29). The highest BCUT2D eigenvalue weighted by Crippen LogP contribution is 2.15. The third kappa shape index (κ3) is 6.50. The van der Waals surface area contributed by atoms with Crippen molar-refractivity contribution < 1.29 is 9.84 Å². The molecular formula is C24H26N2O2S. The highest BCUT2D eigenvalue weighted by Gasteiger charge is 2.11. The zero-order chi connectivity index (χ0) is 20.5. The van der Waals surface area contributed by atoms with Gasteiger partial charge in [-0.1, -0.05) is 54.6 Å². The Labute approximate surface area is 177 Å². The molecule has 0 aliphatic heterocycles. The van der Waals surface area contributed by atoms with E-state index in [1.807, 2.05) is 42.5 Å². The van der Waals surface area contributed by atoms with Crippen LogP contribution >= 0.6 is 12.2 Å². The third-order valence-electron chi connectivity index (χ3n) is 4.71. The topological polar surface area (TPSA) is 44.7 Å². The molecule has 0 aromatic heterocycles. The SMILES string of the molecule is COc1ccc(CCN(Cc2ccc(O)cc2)C(=S)NCc2ccccc2)cc1. The lowest BCUT2D eigenvalue weighted by Gasteiger charge is -2.26. The van der Waals surface area contributed by atoms with E-state index in [1.54, 1.807) is 19.2 Å². The molecule has 0 amide bonds. The van der Waals surface area contributed by atoms with Crippen molar-refractivity contribution in [3.63, 3.8) is 0 Å². The van der Waals surface area contributed by atoms with E-state index in [4.69, 9.17) is 17.0 Å². The maximum atomic E-state index is 9.54. The van der Waals surface area contributed by atoms with Crippen molar-refractivity contribution in [2.45, 2.75) is 19.5 Å². The number of thiocarbonyl (C=S) groups is 1. The van der Waals surface area contributed by atoms with Crippen LogP contribution in [0.1, 0.15) is 16.7 Å². The molecule has 150 valence electrons. The Morgan fingerprint density at radius 3 is 2.21 bits per heavy atom. The second-order valence-corrected chi connectivity index (χ2v) is 7.22. The van der Waals surface area contributed by atoms with Gasteiger partial charge in [-0.2, -0.15) is 0 Å². The van der Waals surface area contributed by atoms with Crippen LogP contribution in [-0.4, -0.2) is 28.8 Å². The Morgan fingerprint density at radius 2 is 1.55 bits per heavy atom. The highest BCUT2D eigenvalue weighted by molar-refractivity contribution is 7.80. The van der Waals surface area contributed by atoms with Gasteiger partial charge in [0.25, 0.3) is 0 Å². The fourth-order valence-corrected chi connectivity index (χ4v) is 3.24. The van der Waals surface area contributed by atoms with Crippen molar-refractivity contribution in [2.24, 2.45) is 0 Å². The van der Waals surface area contributed by atoms with Gasteiger partial charge in [-0.3, -0.25) is 0 Å². The van der Waals surface area contributed by atoms with E-state index in [0.717, 1.165) is 29.4 Å². The Bertz CT molecular complexity index is 896. The first-order chi connectivity index (χ1) is 14.1. The monoisotopic (exact) mass is 406 g/mol. The van der Waals surface area contributed by atoms with E-state index in [1.165, 1.54) is 11.1 Å². The number of phenols is 1. The number of methoxy groups -OCH3 is 1. The largest absolute Gasteiger partial charge is 0.508 e. The number of aromatic hydroxyl groups is 1. The minimum Gasteiger partial charge on any atom is -0.508 e. The smallest absolute Gasteiger partial charge is 0.169 e. The summed E-state index contributed by atoms with van der Waals surface area (Å²) in [7, 11) is 1.67. The molecule has 3 aromatic carbocycles. The van der Waals surface area contributed by atoms with Gasteiger partial charge in [0.15, 0.2) is 5.11 Å². The van der Waals surface area contributed by atoms with Gasteiger partial charge < -0.3 is 20.1 Å². The summed E-state index contributed by atoms with van der Waals surface area (Å²) >= 11 is 5.70. The summed E-state index contributed by atoms with van der Waals surface area (Å²) in [5.74, 6) is 1.12. The van der Waals surface area contributed by atoms with Crippen LogP contribution < -0.4 is 10.1 Å². The molecule has 4 nitrogen and oxygen atoms in total. The minimum atomic E-state index is 0.267. The number of hydrogen-bond acceptors (Lipinski definition) is 3. The molecule has 0 radical (unpaired) electrons. The molecule has 5 heteroatoms. The lowest BCUT2D eigenvalue weighted by Crippen LogP contribution is -2.40. The molecule has 0 aliphatic carbocycles. The van der Waals surface area contributed by atoms with Gasteiger partial charge in [-0.25, -0.2) is 0 Å². The summed E-state index contributed by atoms with van der Waals surface area (Å²) in [6.45, 7) is 2.15. The molecule has 0 fully saturated rings. The van der Waals surface area contributed by atoms with Gasteiger partial charge in [0.05, 0.1) is 7.11 Å². The molecule has 0 atom stereocenters. The average molecular weight is 407 g/mol. The van der Waals surface area contributed by atoms with Gasteiger partial charge in [0.2, 0.25) is 0 Å². The summed E-state index contributed by atoms with van der Waals surface area (Å²) in [5.41, 5.74) is 3.52. The number of rotatable bonds is 8. The molecule has 29 heavy (non-hydrogen) atoms. The zero-order valence-electron chi connectivity index (χ0n) is 16.5. The fourth-order valence-electron chi connectivity index (χ4n) is 3.02. The number of nitrogens with one attached hydrogen (secondary N) is 1. The van der Waals surface area contributed by atoms with E-state index in [-0.39, 0.29) is 5.75 Å². The van der Waals surface area contributed by atoms with Crippen molar-refractivity contribution in [1.29, 1.82) is 0 Å². The van der Waals surface area contributed by atoms with Gasteiger partial charge in [-0.15, -0.1) is 0 Å². The molecular weight excluding hydrogens is 380 g/mol. The fraction of sp³-hybridized carbons (Fsp3) is 0.208. The Kier molecular flexibility index (Phi) is 7.47. The quantitative estimate of drug-likeness (QED) is 0.539. The van der Waals surface area contributed by atoms with Gasteiger partial charge in [0, 0.05) is 19.6 Å². The number of nitrogens with zero attached hydrogens (tertiary/aromatic N) is 1. The minimum absolute atomic E-state index is 0.267. The van der Waals surface area contributed by atoms with Crippen LogP contribution in [0, 0.1) is 0 Å².